The highest BCUT2D eigenvalue weighted by molar-refractivity contribution is 5.77. The van der Waals surface area contributed by atoms with Crippen LogP contribution in [-0.2, 0) is 24.4 Å². The second-order valence-electron chi connectivity index (χ2n) is 8.02. The van der Waals surface area contributed by atoms with Crippen molar-refractivity contribution in [1.82, 2.24) is 19.6 Å². The predicted molar refractivity (Wildman–Crippen MR) is 108 cm³/mol. The standard InChI is InChI=1S/C22H31FN4O/c1-5-27-17(4)19(12-24-27)14-25-11-10-22(28)26(21(15-25)16(2)3)13-18-6-8-20(23)9-7-18/h6-9,12,16,21H,5,10-11,13-15H2,1-4H3. The molecule has 3 rings (SSSR count). The van der Waals surface area contributed by atoms with Crippen LogP contribution >= 0.6 is 0 Å². The van der Waals surface area contributed by atoms with Gasteiger partial charge >= 0.3 is 0 Å². The number of carbonyl (C=O) groups is 1. The molecule has 1 aromatic heterocycles. The van der Waals surface area contributed by atoms with Gasteiger partial charge in [-0.2, -0.15) is 5.10 Å². The smallest absolute Gasteiger partial charge is 0.224 e. The van der Waals surface area contributed by atoms with Gasteiger partial charge < -0.3 is 4.90 Å². The molecule has 0 aliphatic carbocycles. The van der Waals surface area contributed by atoms with E-state index in [2.05, 4.69) is 37.7 Å². The van der Waals surface area contributed by atoms with Gasteiger partial charge in [0.25, 0.3) is 0 Å². The molecule has 1 unspecified atom stereocenters. The average Bonchev–Trinajstić information content (AvgIpc) is 2.94. The lowest BCUT2D eigenvalue weighted by atomic mass is 10.0. The minimum atomic E-state index is -0.250. The summed E-state index contributed by atoms with van der Waals surface area (Å²) in [5.41, 5.74) is 3.39. The Morgan fingerprint density at radius 2 is 1.93 bits per heavy atom. The van der Waals surface area contributed by atoms with Crippen LogP contribution in [0.5, 0.6) is 0 Å². The summed E-state index contributed by atoms with van der Waals surface area (Å²) < 4.78 is 15.2. The SMILES string of the molecule is CCn1ncc(CN2CCC(=O)N(Cc3ccc(F)cc3)C(C(C)C)C2)c1C. The third-order valence-electron chi connectivity index (χ3n) is 5.74. The topological polar surface area (TPSA) is 41.4 Å². The van der Waals surface area contributed by atoms with Crippen molar-refractivity contribution in [2.75, 3.05) is 13.1 Å². The third kappa shape index (κ3) is 4.61. The lowest BCUT2D eigenvalue weighted by Gasteiger charge is -2.35. The Bertz CT molecular complexity index is 799. The van der Waals surface area contributed by atoms with Crippen molar-refractivity contribution in [2.24, 2.45) is 5.92 Å². The lowest BCUT2D eigenvalue weighted by Crippen LogP contribution is -2.45. The molecule has 0 bridgehead atoms. The molecular weight excluding hydrogens is 355 g/mol. The summed E-state index contributed by atoms with van der Waals surface area (Å²) in [6, 6.07) is 6.59. The van der Waals surface area contributed by atoms with Crippen LogP contribution in [0, 0.1) is 18.7 Å². The van der Waals surface area contributed by atoms with E-state index in [4.69, 9.17) is 0 Å². The molecule has 0 radical (unpaired) electrons. The zero-order chi connectivity index (χ0) is 20.3. The van der Waals surface area contributed by atoms with Crippen molar-refractivity contribution in [3.8, 4) is 0 Å². The summed E-state index contributed by atoms with van der Waals surface area (Å²) in [5, 5.41) is 4.45. The fraction of sp³-hybridized carbons (Fsp3) is 0.545. The molecule has 28 heavy (non-hydrogen) atoms. The Morgan fingerprint density at radius 3 is 2.54 bits per heavy atom. The van der Waals surface area contributed by atoms with E-state index in [0.29, 0.717) is 18.9 Å². The Morgan fingerprint density at radius 1 is 1.21 bits per heavy atom. The van der Waals surface area contributed by atoms with Gasteiger partial charge in [-0.05, 0) is 37.5 Å². The summed E-state index contributed by atoms with van der Waals surface area (Å²) in [5.74, 6) is 0.261. The summed E-state index contributed by atoms with van der Waals surface area (Å²) >= 11 is 0. The number of halogens is 1. The molecule has 0 N–H and O–H groups in total. The summed E-state index contributed by atoms with van der Waals surface area (Å²) in [6.07, 6.45) is 2.46. The number of rotatable bonds is 6. The number of aryl methyl sites for hydroxylation is 1. The number of hydrogen-bond donors (Lipinski definition) is 0. The molecule has 0 spiro atoms. The number of nitrogens with zero attached hydrogens (tertiary/aromatic N) is 4. The molecule has 2 heterocycles. The van der Waals surface area contributed by atoms with E-state index < -0.39 is 0 Å². The number of amides is 1. The number of carbonyl (C=O) groups excluding carboxylic acids is 1. The minimum Gasteiger partial charge on any atom is -0.334 e. The van der Waals surface area contributed by atoms with Crippen molar-refractivity contribution < 1.29 is 9.18 Å². The van der Waals surface area contributed by atoms with Crippen LogP contribution in [0.25, 0.3) is 0 Å². The maximum atomic E-state index is 13.2. The van der Waals surface area contributed by atoms with Crippen molar-refractivity contribution in [1.29, 1.82) is 0 Å². The van der Waals surface area contributed by atoms with Crippen LogP contribution in [0.4, 0.5) is 4.39 Å². The first-order chi connectivity index (χ1) is 13.4. The van der Waals surface area contributed by atoms with Crippen LogP contribution < -0.4 is 0 Å². The monoisotopic (exact) mass is 386 g/mol. The summed E-state index contributed by atoms with van der Waals surface area (Å²) in [7, 11) is 0. The molecule has 1 atom stereocenters. The van der Waals surface area contributed by atoms with Crippen molar-refractivity contribution in [3.63, 3.8) is 0 Å². The fourth-order valence-electron chi connectivity index (χ4n) is 3.94. The molecule has 6 heteroatoms. The first-order valence-corrected chi connectivity index (χ1v) is 10.2. The summed E-state index contributed by atoms with van der Waals surface area (Å²) in [6.45, 7) is 12.3. The highest BCUT2D eigenvalue weighted by atomic mass is 19.1. The van der Waals surface area contributed by atoms with Crippen LogP contribution in [0.1, 0.15) is 44.0 Å². The van der Waals surface area contributed by atoms with Gasteiger partial charge in [0.15, 0.2) is 0 Å². The average molecular weight is 387 g/mol. The molecule has 1 saturated heterocycles. The van der Waals surface area contributed by atoms with Gasteiger partial charge in [-0.1, -0.05) is 26.0 Å². The molecule has 0 saturated carbocycles. The number of aromatic nitrogens is 2. The predicted octanol–water partition coefficient (Wildman–Crippen LogP) is 3.61. The Hall–Kier alpha value is -2.21. The highest BCUT2D eigenvalue weighted by Crippen LogP contribution is 2.23. The third-order valence-corrected chi connectivity index (χ3v) is 5.74. The Labute approximate surface area is 167 Å². The Kier molecular flexibility index (Phi) is 6.50. The molecule has 1 aromatic carbocycles. The zero-order valence-corrected chi connectivity index (χ0v) is 17.4. The molecule has 1 aliphatic rings. The van der Waals surface area contributed by atoms with Crippen LogP contribution in [-0.4, -0.2) is 44.6 Å². The summed E-state index contributed by atoms with van der Waals surface area (Å²) in [4.78, 5) is 17.3. The van der Waals surface area contributed by atoms with Crippen molar-refractivity contribution in [3.05, 3.63) is 53.1 Å². The van der Waals surface area contributed by atoms with Crippen molar-refractivity contribution in [2.45, 2.75) is 59.8 Å². The quantitative estimate of drug-likeness (QED) is 0.762. The van der Waals surface area contributed by atoms with Gasteiger partial charge in [-0.25, -0.2) is 4.39 Å². The van der Waals surface area contributed by atoms with E-state index in [-0.39, 0.29) is 17.8 Å². The zero-order valence-electron chi connectivity index (χ0n) is 17.4. The normalized spacial score (nSPS) is 18.7. The van der Waals surface area contributed by atoms with E-state index in [0.717, 1.165) is 31.7 Å². The molecule has 5 nitrogen and oxygen atoms in total. The van der Waals surface area contributed by atoms with Crippen molar-refractivity contribution >= 4 is 5.91 Å². The maximum Gasteiger partial charge on any atom is 0.224 e. The molecule has 152 valence electrons. The molecule has 1 amide bonds. The van der Waals surface area contributed by atoms with E-state index in [1.54, 1.807) is 12.1 Å². The second-order valence-corrected chi connectivity index (χ2v) is 8.02. The van der Waals surface area contributed by atoms with E-state index in [1.807, 2.05) is 15.8 Å². The Balaban J connectivity index is 1.77. The molecule has 1 fully saturated rings. The number of benzene rings is 1. The van der Waals surface area contributed by atoms with Gasteiger partial charge in [0.2, 0.25) is 5.91 Å². The first kappa shape index (κ1) is 20.5. The minimum absolute atomic E-state index is 0.126. The van der Waals surface area contributed by atoms with Gasteiger partial charge in [-0.3, -0.25) is 14.4 Å². The second kappa shape index (κ2) is 8.86. The van der Waals surface area contributed by atoms with Crippen LogP contribution in [0.2, 0.25) is 0 Å². The van der Waals surface area contributed by atoms with Crippen LogP contribution in [0.3, 0.4) is 0 Å². The van der Waals surface area contributed by atoms with E-state index in [1.165, 1.54) is 23.4 Å². The van der Waals surface area contributed by atoms with E-state index in [9.17, 15) is 9.18 Å². The van der Waals surface area contributed by atoms with Crippen LogP contribution in [0.15, 0.2) is 30.5 Å². The van der Waals surface area contributed by atoms with Gasteiger partial charge in [-0.15, -0.1) is 0 Å². The largest absolute Gasteiger partial charge is 0.334 e. The van der Waals surface area contributed by atoms with Gasteiger partial charge in [0.05, 0.1) is 6.20 Å². The highest BCUT2D eigenvalue weighted by Gasteiger charge is 2.32. The lowest BCUT2D eigenvalue weighted by molar-refractivity contribution is -0.134. The molecular formula is C22H31FN4O. The van der Waals surface area contributed by atoms with E-state index >= 15 is 0 Å². The molecule has 2 aromatic rings. The van der Waals surface area contributed by atoms with Gasteiger partial charge in [0.1, 0.15) is 5.82 Å². The number of hydrogen-bond acceptors (Lipinski definition) is 3. The first-order valence-electron chi connectivity index (χ1n) is 10.2. The fourth-order valence-corrected chi connectivity index (χ4v) is 3.94. The van der Waals surface area contributed by atoms with Gasteiger partial charge in [0, 0.05) is 56.4 Å². The maximum absolute atomic E-state index is 13.2. The molecule has 1 aliphatic heterocycles.